The van der Waals surface area contributed by atoms with E-state index in [9.17, 15) is 19.7 Å². The van der Waals surface area contributed by atoms with Crippen molar-refractivity contribution in [2.24, 2.45) is 0 Å². The van der Waals surface area contributed by atoms with Gasteiger partial charge in [-0.25, -0.2) is 4.79 Å². The van der Waals surface area contributed by atoms with E-state index in [1.165, 1.54) is 25.1 Å². The van der Waals surface area contributed by atoms with Crippen molar-refractivity contribution in [2.75, 3.05) is 6.54 Å². The highest BCUT2D eigenvalue weighted by Gasteiger charge is 2.22. The minimum absolute atomic E-state index is 0.0974. The molecular weight excluding hydrogens is 268 g/mol. The Bertz CT molecular complexity index is 543. The molecule has 108 valence electrons. The third kappa shape index (κ3) is 3.75. The summed E-state index contributed by atoms with van der Waals surface area (Å²) in [5.41, 5.74) is -0.0307. The van der Waals surface area contributed by atoms with Crippen LogP contribution in [0.4, 0.5) is 5.69 Å². The van der Waals surface area contributed by atoms with Gasteiger partial charge in [-0.15, -0.1) is 0 Å². The van der Waals surface area contributed by atoms with E-state index >= 15 is 0 Å². The summed E-state index contributed by atoms with van der Waals surface area (Å²) < 4.78 is 0. The lowest BCUT2D eigenvalue weighted by atomic mass is 10.1. The number of carboxylic acids is 1. The average Bonchev–Trinajstić information content (AvgIpc) is 2.37. The monoisotopic (exact) mass is 282 g/mol. The van der Waals surface area contributed by atoms with Gasteiger partial charge in [0.2, 0.25) is 0 Å². The predicted molar refractivity (Wildman–Crippen MR) is 68.4 cm³/mol. The molecule has 0 heterocycles. The molecule has 0 fully saturated rings. The molecular formula is C12H14N2O6. The molecule has 1 atom stereocenters. The molecule has 0 saturated heterocycles. The Hall–Kier alpha value is -2.48. The van der Waals surface area contributed by atoms with Gasteiger partial charge in [-0.3, -0.25) is 14.9 Å². The summed E-state index contributed by atoms with van der Waals surface area (Å²) in [6.45, 7) is 1.42. The van der Waals surface area contributed by atoms with E-state index in [4.69, 9.17) is 10.2 Å². The number of hydrogen-bond donors (Lipinski definition) is 3. The summed E-state index contributed by atoms with van der Waals surface area (Å²) >= 11 is 0. The molecule has 0 aliphatic carbocycles. The summed E-state index contributed by atoms with van der Waals surface area (Å²) in [5.74, 6) is -2.07. The summed E-state index contributed by atoms with van der Waals surface area (Å²) in [6, 6.07) is 4.35. The molecule has 1 rings (SSSR count). The quantitative estimate of drug-likeness (QED) is 0.513. The molecule has 3 N–H and O–H groups in total. The number of aliphatic hydroxyl groups is 1. The van der Waals surface area contributed by atoms with E-state index in [-0.39, 0.29) is 24.2 Å². The van der Waals surface area contributed by atoms with Crippen LogP contribution in [0.3, 0.4) is 0 Å². The molecule has 8 nitrogen and oxygen atoms in total. The molecule has 0 saturated carbocycles. The Morgan fingerprint density at radius 2 is 2.10 bits per heavy atom. The zero-order valence-electron chi connectivity index (χ0n) is 10.7. The number of benzene rings is 1. The molecule has 0 spiro atoms. The summed E-state index contributed by atoms with van der Waals surface area (Å²) in [7, 11) is 0. The highest BCUT2D eigenvalue weighted by molar-refractivity contribution is 5.98. The van der Waals surface area contributed by atoms with E-state index < -0.39 is 22.9 Å². The first-order chi connectivity index (χ1) is 9.34. The normalized spacial score (nSPS) is 11.7. The van der Waals surface area contributed by atoms with Crippen LogP contribution in [0.2, 0.25) is 0 Å². The standard InChI is InChI=1S/C12H14N2O6/c1-7-3-2-4-8(10(7)14(19)20)11(16)13-6-5-9(15)12(17)18/h2-4,9,15H,5-6H2,1H3,(H,13,16)(H,17,18). The summed E-state index contributed by atoms with van der Waals surface area (Å²) in [6.07, 6.45) is -1.76. The van der Waals surface area contributed by atoms with Crippen molar-refractivity contribution in [2.45, 2.75) is 19.4 Å². The fourth-order valence-electron chi connectivity index (χ4n) is 1.63. The molecule has 0 aliphatic heterocycles. The van der Waals surface area contributed by atoms with E-state index in [0.717, 1.165) is 0 Å². The smallest absolute Gasteiger partial charge is 0.332 e. The lowest BCUT2D eigenvalue weighted by Gasteiger charge is -2.08. The van der Waals surface area contributed by atoms with Gasteiger partial charge < -0.3 is 15.5 Å². The van der Waals surface area contributed by atoms with Crippen LogP contribution in [0, 0.1) is 17.0 Å². The van der Waals surface area contributed by atoms with Gasteiger partial charge >= 0.3 is 5.97 Å². The number of hydrogen-bond acceptors (Lipinski definition) is 5. The summed E-state index contributed by atoms with van der Waals surface area (Å²) in [5, 5.41) is 30.8. The number of aryl methyl sites for hydroxylation is 1. The molecule has 0 radical (unpaired) electrons. The van der Waals surface area contributed by atoms with Crippen LogP contribution in [0.15, 0.2) is 18.2 Å². The van der Waals surface area contributed by atoms with Gasteiger partial charge in [0, 0.05) is 18.5 Å². The van der Waals surface area contributed by atoms with Gasteiger partial charge in [-0.1, -0.05) is 12.1 Å². The van der Waals surface area contributed by atoms with Crippen LogP contribution >= 0.6 is 0 Å². The molecule has 0 bridgehead atoms. The highest BCUT2D eigenvalue weighted by Crippen LogP contribution is 2.22. The van der Waals surface area contributed by atoms with E-state index in [0.29, 0.717) is 5.56 Å². The molecule has 1 aromatic rings. The van der Waals surface area contributed by atoms with Gasteiger partial charge in [0.25, 0.3) is 11.6 Å². The molecule has 1 amide bonds. The number of nitrogens with zero attached hydrogens (tertiary/aromatic N) is 1. The number of nitrogens with one attached hydrogen (secondary N) is 1. The molecule has 0 aliphatic rings. The largest absolute Gasteiger partial charge is 0.479 e. The van der Waals surface area contributed by atoms with E-state index in [2.05, 4.69) is 5.32 Å². The topological polar surface area (TPSA) is 130 Å². The summed E-state index contributed by atoms with van der Waals surface area (Å²) in [4.78, 5) is 32.5. The third-order valence-corrected chi connectivity index (χ3v) is 2.65. The number of aliphatic carboxylic acids is 1. The van der Waals surface area contributed by atoms with E-state index in [1.54, 1.807) is 0 Å². The Kier molecular flexibility index (Phi) is 5.15. The number of carboxylic acid groups (broad SMARTS) is 1. The first-order valence-electron chi connectivity index (χ1n) is 5.77. The number of carbonyl (C=O) groups is 2. The SMILES string of the molecule is Cc1cccc(C(=O)NCCC(O)C(=O)O)c1[N+](=O)[O-]. The maximum absolute atomic E-state index is 11.8. The lowest BCUT2D eigenvalue weighted by Crippen LogP contribution is -2.30. The molecule has 8 heteroatoms. The molecule has 20 heavy (non-hydrogen) atoms. The van der Waals surface area contributed by atoms with Crippen molar-refractivity contribution in [3.05, 3.63) is 39.4 Å². The van der Waals surface area contributed by atoms with Crippen molar-refractivity contribution in [3.8, 4) is 0 Å². The van der Waals surface area contributed by atoms with Crippen LogP contribution in [0.1, 0.15) is 22.3 Å². The van der Waals surface area contributed by atoms with Crippen molar-refractivity contribution >= 4 is 17.6 Å². The second-order valence-corrected chi connectivity index (χ2v) is 4.13. The zero-order chi connectivity index (χ0) is 15.3. The van der Waals surface area contributed by atoms with Crippen LogP contribution in [-0.4, -0.2) is 39.7 Å². The Balaban J connectivity index is 2.76. The van der Waals surface area contributed by atoms with Crippen molar-refractivity contribution in [1.82, 2.24) is 5.32 Å². The minimum Gasteiger partial charge on any atom is -0.479 e. The average molecular weight is 282 g/mol. The van der Waals surface area contributed by atoms with Crippen molar-refractivity contribution in [1.29, 1.82) is 0 Å². The van der Waals surface area contributed by atoms with Gasteiger partial charge in [0.15, 0.2) is 6.10 Å². The maximum atomic E-state index is 11.8. The highest BCUT2D eigenvalue weighted by atomic mass is 16.6. The van der Waals surface area contributed by atoms with Gasteiger partial charge in [0.05, 0.1) is 4.92 Å². The van der Waals surface area contributed by atoms with Gasteiger partial charge in [0.1, 0.15) is 5.56 Å². The van der Waals surface area contributed by atoms with Crippen LogP contribution in [0.5, 0.6) is 0 Å². The first kappa shape index (κ1) is 15.6. The van der Waals surface area contributed by atoms with Crippen LogP contribution in [0.25, 0.3) is 0 Å². The lowest BCUT2D eigenvalue weighted by molar-refractivity contribution is -0.385. The predicted octanol–water partition coefficient (Wildman–Crippen LogP) is 0.469. The van der Waals surface area contributed by atoms with Crippen molar-refractivity contribution < 1.29 is 24.7 Å². The van der Waals surface area contributed by atoms with E-state index in [1.807, 2.05) is 0 Å². The third-order valence-electron chi connectivity index (χ3n) is 2.65. The second kappa shape index (κ2) is 6.62. The van der Waals surface area contributed by atoms with Crippen LogP contribution < -0.4 is 5.32 Å². The Labute approximate surface area is 114 Å². The Morgan fingerprint density at radius 1 is 1.45 bits per heavy atom. The fourth-order valence-corrected chi connectivity index (χ4v) is 1.63. The molecule has 1 unspecified atom stereocenters. The number of nitro groups is 1. The fraction of sp³-hybridized carbons (Fsp3) is 0.333. The number of para-hydroxylation sites is 1. The van der Waals surface area contributed by atoms with Gasteiger partial charge in [-0.2, -0.15) is 0 Å². The zero-order valence-corrected chi connectivity index (χ0v) is 10.7. The number of aliphatic hydroxyl groups excluding tert-OH is 1. The first-order valence-corrected chi connectivity index (χ1v) is 5.77. The number of amides is 1. The second-order valence-electron chi connectivity index (χ2n) is 4.13. The number of nitro benzene ring substituents is 1. The molecule has 0 aromatic heterocycles. The van der Waals surface area contributed by atoms with Crippen LogP contribution in [-0.2, 0) is 4.79 Å². The maximum Gasteiger partial charge on any atom is 0.332 e. The minimum atomic E-state index is -1.58. The number of rotatable bonds is 6. The molecule has 1 aromatic carbocycles. The van der Waals surface area contributed by atoms with Gasteiger partial charge in [-0.05, 0) is 13.0 Å². The number of carbonyl (C=O) groups excluding carboxylic acids is 1. The Morgan fingerprint density at radius 3 is 2.65 bits per heavy atom. The van der Waals surface area contributed by atoms with Crippen molar-refractivity contribution in [3.63, 3.8) is 0 Å².